The van der Waals surface area contributed by atoms with Crippen LogP contribution in [0.25, 0.3) is 0 Å². The van der Waals surface area contributed by atoms with E-state index in [9.17, 15) is 19.2 Å². The summed E-state index contributed by atoms with van der Waals surface area (Å²) in [5.74, 6) is -1.98. The Kier molecular flexibility index (Phi) is 4.63. The maximum atomic E-state index is 13.0. The van der Waals surface area contributed by atoms with Crippen molar-refractivity contribution in [3.63, 3.8) is 0 Å². The molecule has 1 aromatic carbocycles. The second-order valence-electron chi connectivity index (χ2n) is 9.24. The zero-order valence-electron chi connectivity index (χ0n) is 17.2. The van der Waals surface area contributed by atoms with Gasteiger partial charge in [-0.1, -0.05) is 0 Å². The van der Waals surface area contributed by atoms with Crippen LogP contribution in [0.15, 0.2) is 18.2 Å². The first kappa shape index (κ1) is 20.1. The monoisotopic (exact) mass is 426 g/mol. The van der Waals surface area contributed by atoms with Gasteiger partial charge in [0.15, 0.2) is 0 Å². The summed E-state index contributed by atoms with van der Waals surface area (Å²) >= 11 is 0. The van der Waals surface area contributed by atoms with E-state index in [1.165, 1.54) is 0 Å². The Balaban J connectivity index is 1.30. The molecule has 1 saturated carbocycles. The normalized spacial score (nSPS) is 32.3. The van der Waals surface area contributed by atoms with E-state index in [1.54, 1.807) is 18.2 Å². The van der Waals surface area contributed by atoms with Gasteiger partial charge in [-0.2, -0.15) is 0 Å². The standard InChI is InChI=1S/C22H26N4O5/c23-10-22-7-5-21(6-8-22,12-31-22)11-24-13-1-2-14-15(9-13)20(30)26(19(14)29)16-3-4-17(27)25-18(16)28/h1-2,9,16,24H,3-8,10-12,23H2,(H,25,27,28). The molecule has 4 aliphatic heterocycles. The molecule has 0 aromatic heterocycles. The molecule has 4 amide bonds. The number of anilines is 1. The largest absolute Gasteiger partial charge is 0.384 e. The smallest absolute Gasteiger partial charge is 0.262 e. The lowest BCUT2D eigenvalue weighted by Gasteiger charge is -2.53. The van der Waals surface area contributed by atoms with Crippen molar-refractivity contribution in [2.75, 3.05) is 25.0 Å². The number of ether oxygens (including phenoxy) is 1. The van der Waals surface area contributed by atoms with Gasteiger partial charge >= 0.3 is 0 Å². The van der Waals surface area contributed by atoms with E-state index in [1.807, 2.05) is 0 Å². The predicted octanol–water partition coefficient (Wildman–Crippen LogP) is 0.788. The number of fused-ring (bicyclic) bond motifs is 4. The maximum Gasteiger partial charge on any atom is 0.262 e. The molecule has 1 unspecified atom stereocenters. The Hall–Kier alpha value is -2.78. The number of benzene rings is 1. The van der Waals surface area contributed by atoms with E-state index < -0.39 is 23.8 Å². The Labute approximate surface area is 179 Å². The number of nitrogens with zero attached hydrogens (tertiary/aromatic N) is 1. The summed E-state index contributed by atoms with van der Waals surface area (Å²) in [6, 6.07) is 4.13. The zero-order valence-corrected chi connectivity index (χ0v) is 17.2. The minimum absolute atomic E-state index is 0.0501. The van der Waals surface area contributed by atoms with E-state index in [0.29, 0.717) is 19.7 Å². The fraction of sp³-hybridized carbons (Fsp3) is 0.545. The van der Waals surface area contributed by atoms with Gasteiger partial charge in [-0.3, -0.25) is 29.4 Å². The van der Waals surface area contributed by atoms with Crippen molar-refractivity contribution in [2.24, 2.45) is 11.1 Å². The van der Waals surface area contributed by atoms with Gasteiger partial charge in [-0.05, 0) is 50.3 Å². The van der Waals surface area contributed by atoms with E-state index in [4.69, 9.17) is 10.5 Å². The van der Waals surface area contributed by atoms with Crippen molar-refractivity contribution in [1.29, 1.82) is 0 Å². The second kappa shape index (κ2) is 7.13. The Bertz CT molecular complexity index is 966. The van der Waals surface area contributed by atoms with Crippen LogP contribution in [0.5, 0.6) is 0 Å². The molecular weight excluding hydrogens is 400 g/mol. The summed E-state index contributed by atoms with van der Waals surface area (Å²) in [5.41, 5.74) is 7.10. The highest BCUT2D eigenvalue weighted by Gasteiger charge is 2.49. The van der Waals surface area contributed by atoms with Crippen LogP contribution >= 0.6 is 0 Å². The summed E-state index contributed by atoms with van der Waals surface area (Å²) in [7, 11) is 0. The van der Waals surface area contributed by atoms with Gasteiger partial charge in [0.1, 0.15) is 6.04 Å². The number of rotatable bonds is 5. The van der Waals surface area contributed by atoms with Crippen molar-refractivity contribution in [3.8, 4) is 0 Å². The topological polar surface area (TPSA) is 131 Å². The molecule has 4 fully saturated rings. The SMILES string of the molecule is NCC12CCC(CNc3ccc4c(c3)C(=O)N(C3CCC(=O)NC3=O)C4=O)(CC1)CO2. The van der Waals surface area contributed by atoms with Crippen LogP contribution in [0, 0.1) is 5.41 Å². The van der Waals surface area contributed by atoms with Crippen LogP contribution < -0.4 is 16.4 Å². The molecule has 9 nitrogen and oxygen atoms in total. The lowest BCUT2D eigenvalue weighted by Crippen LogP contribution is -2.56. The van der Waals surface area contributed by atoms with E-state index in [2.05, 4.69) is 10.6 Å². The van der Waals surface area contributed by atoms with Crippen LogP contribution in [0.3, 0.4) is 0 Å². The third-order valence-corrected chi connectivity index (χ3v) is 7.39. The number of hydrogen-bond acceptors (Lipinski definition) is 7. The molecule has 0 spiro atoms. The Morgan fingerprint density at radius 2 is 1.84 bits per heavy atom. The van der Waals surface area contributed by atoms with Crippen molar-refractivity contribution in [1.82, 2.24) is 10.2 Å². The second-order valence-corrected chi connectivity index (χ2v) is 9.24. The van der Waals surface area contributed by atoms with Gasteiger partial charge in [0.2, 0.25) is 11.8 Å². The van der Waals surface area contributed by atoms with Crippen molar-refractivity contribution in [2.45, 2.75) is 50.2 Å². The van der Waals surface area contributed by atoms with E-state index >= 15 is 0 Å². The van der Waals surface area contributed by atoms with Crippen LogP contribution in [0.2, 0.25) is 0 Å². The average molecular weight is 426 g/mol. The third kappa shape index (κ3) is 3.23. The van der Waals surface area contributed by atoms with Gasteiger partial charge in [-0.25, -0.2) is 0 Å². The number of carbonyl (C=O) groups excluding carboxylic acids is 4. The fourth-order valence-electron chi connectivity index (χ4n) is 5.19. The predicted molar refractivity (Wildman–Crippen MR) is 110 cm³/mol. The van der Waals surface area contributed by atoms with Crippen LogP contribution in [0.4, 0.5) is 5.69 Å². The molecule has 0 radical (unpaired) electrons. The lowest BCUT2D eigenvalue weighted by atomic mass is 9.66. The van der Waals surface area contributed by atoms with Crippen LogP contribution in [0.1, 0.15) is 59.2 Å². The molecule has 31 heavy (non-hydrogen) atoms. The minimum Gasteiger partial charge on any atom is -0.384 e. The molecule has 4 N–H and O–H groups in total. The zero-order chi connectivity index (χ0) is 21.8. The molecule has 5 aliphatic rings. The van der Waals surface area contributed by atoms with Crippen molar-refractivity contribution in [3.05, 3.63) is 29.3 Å². The highest BCUT2D eigenvalue weighted by atomic mass is 16.5. The number of nitrogens with one attached hydrogen (secondary N) is 2. The number of hydrogen-bond donors (Lipinski definition) is 3. The molecule has 1 aromatic rings. The number of nitrogens with two attached hydrogens (primary N) is 1. The first-order chi connectivity index (χ1) is 14.9. The van der Waals surface area contributed by atoms with Crippen LogP contribution in [-0.4, -0.2) is 59.9 Å². The molecule has 1 atom stereocenters. The third-order valence-electron chi connectivity index (χ3n) is 7.39. The molecule has 2 bridgehead atoms. The first-order valence-electron chi connectivity index (χ1n) is 10.8. The van der Waals surface area contributed by atoms with Gasteiger partial charge in [-0.15, -0.1) is 0 Å². The summed E-state index contributed by atoms with van der Waals surface area (Å²) < 4.78 is 6.08. The van der Waals surface area contributed by atoms with E-state index in [-0.39, 0.29) is 40.9 Å². The molecule has 3 saturated heterocycles. The molecule has 1 aliphatic carbocycles. The van der Waals surface area contributed by atoms with Crippen molar-refractivity contribution >= 4 is 29.3 Å². The molecule has 6 rings (SSSR count). The van der Waals surface area contributed by atoms with E-state index in [0.717, 1.165) is 36.3 Å². The summed E-state index contributed by atoms with van der Waals surface area (Å²) in [6.45, 7) is 1.94. The number of piperidine rings is 1. The highest BCUT2D eigenvalue weighted by molar-refractivity contribution is 6.23. The maximum absolute atomic E-state index is 13.0. The van der Waals surface area contributed by atoms with Gasteiger partial charge in [0, 0.05) is 30.6 Å². The number of carbonyl (C=O) groups is 4. The number of imide groups is 2. The number of amides is 4. The molecule has 4 heterocycles. The molecule has 9 heteroatoms. The Morgan fingerprint density at radius 3 is 2.48 bits per heavy atom. The summed E-state index contributed by atoms with van der Waals surface area (Å²) in [5, 5.41) is 5.63. The van der Waals surface area contributed by atoms with Crippen molar-refractivity contribution < 1.29 is 23.9 Å². The molecule has 164 valence electrons. The summed E-state index contributed by atoms with van der Waals surface area (Å²) in [4.78, 5) is 50.3. The highest BCUT2D eigenvalue weighted by Crippen LogP contribution is 2.48. The minimum atomic E-state index is -0.954. The summed E-state index contributed by atoms with van der Waals surface area (Å²) in [6.07, 6.45) is 4.26. The fourth-order valence-corrected chi connectivity index (χ4v) is 5.19. The lowest BCUT2D eigenvalue weighted by molar-refractivity contribution is -0.173. The quantitative estimate of drug-likeness (QED) is 0.593. The first-order valence-corrected chi connectivity index (χ1v) is 10.8. The van der Waals surface area contributed by atoms with Gasteiger partial charge < -0.3 is 15.8 Å². The van der Waals surface area contributed by atoms with Gasteiger partial charge in [0.25, 0.3) is 11.8 Å². The van der Waals surface area contributed by atoms with Crippen LogP contribution in [-0.2, 0) is 14.3 Å². The average Bonchev–Trinajstić information content (AvgIpc) is 3.04. The van der Waals surface area contributed by atoms with Gasteiger partial charge in [0.05, 0.1) is 23.3 Å². The molecular formula is C22H26N4O5. The Morgan fingerprint density at radius 1 is 1.10 bits per heavy atom.